The molecule has 0 radical (unpaired) electrons. The Balaban J connectivity index is 2.41. The number of carbonyl (C=O) groups excluding carboxylic acids is 1. The van der Waals surface area contributed by atoms with E-state index in [-0.39, 0.29) is 24.5 Å². The van der Waals surface area contributed by atoms with E-state index >= 15 is 0 Å². The van der Waals surface area contributed by atoms with Crippen LogP contribution in [0.25, 0.3) is 0 Å². The van der Waals surface area contributed by atoms with Crippen molar-refractivity contribution in [2.45, 2.75) is 38.6 Å². The number of allylic oxidation sites excluding steroid dienone is 3. The summed E-state index contributed by atoms with van der Waals surface area (Å²) >= 11 is 0. The van der Waals surface area contributed by atoms with Crippen LogP contribution in [0, 0.1) is 5.92 Å². The van der Waals surface area contributed by atoms with Gasteiger partial charge >= 0.3 is 0 Å². The summed E-state index contributed by atoms with van der Waals surface area (Å²) in [6, 6.07) is 0.140. The molecule has 0 aromatic rings. The summed E-state index contributed by atoms with van der Waals surface area (Å²) in [5, 5.41) is 12.2. The molecule has 2 atom stereocenters. The molecule has 2 unspecified atom stereocenters. The van der Waals surface area contributed by atoms with E-state index in [1.54, 1.807) is 6.08 Å². The van der Waals surface area contributed by atoms with Crippen molar-refractivity contribution in [3.8, 4) is 0 Å². The fourth-order valence-electron chi connectivity index (χ4n) is 2.10. The average Bonchev–Trinajstić information content (AvgIpc) is 2.30. The highest BCUT2D eigenvalue weighted by Crippen LogP contribution is 2.23. The van der Waals surface area contributed by atoms with Gasteiger partial charge in [-0.2, -0.15) is 0 Å². The number of carbonyl (C=O) groups is 1. The molecule has 3 heteroatoms. The SMILES string of the molecule is CC=CC=CC(=O)NC1CCCCC1CO. The molecule has 0 saturated heterocycles. The summed E-state index contributed by atoms with van der Waals surface area (Å²) in [5.41, 5.74) is 0. The fraction of sp³-hybridized carbons (Fsp3) is 0.615. The van der Waals surface area contributed by atoms with Crippen LogP contribution in [-0.4, -0.2) is 23.7 Å². The molecule has 0 spiro atoms. The number of hydrogen-bond donors (Lipinski definition) is 2. The van der Waals surface area contributed by atoms with Crippen molar-refractivity contribution in [3.05, 3.63) is 24.3 Å². The lowest BCUT2D eigenvalue weighted by Gasteiger charge is -2.30. The Kier molecular flexibility index (Phi) is 5.86. The minimum absolute atomic E-state index is 0.0663. The summed E-state index contributed by atoms with van der Waals surface area (Å²) in [7, 11) is 0. The van der Waals surface area contributed by atoms with E-state index in [1.165, 1.54) is 6.08 Å². The molecule has 1 saturated carbocycles. The van der Waals surface area contributed by atoms with Gasteiger partial charge in [0.2, 0.25) is 5.91 Å². The van der Waals surface area contributed by atoms with Gasteiger partial charge in [0.25, 0.3) is 0 Å². The standard InChI is InChI=1S/C13H21NO2/c1-2-3-4-9-13(16)14-12-8-6-5-7-11(12)10-15/h2-4,9,11-12,15H,5-8,10H2,1H3,(H,14,16). The van der Waals surface area contributed by atoms with Gasteiger partial charge < -0.3 is 10.4 Å². The van der Waals surface area contributed by atoms with Gasteiger partial charge in [0.05, 0.1) is 0 Å². The molecule has 1 aliphatic carbocycles. The zero-order valence-corrected chi connectivity index (χ0v) is 9.86. The van der Waals surface area contributed by atoms with Crippen LogP contribution in [0.15, 0.2) is 24.3 Å². The van der Waals surface area contributed by atoms with Gasteiger partial charge in [-0.05, 0) is 19.8 Å². The molecule has 0 bridgehead atoms. The van der Waals surface area contributed by atoms with Crippen molar-refractivity contribution < 1.29 is 9.90 Å². The van der Waals surface area contributed by atoms with Crippen molar-refractivity contribution >= 4 is 5.91 Å². The van der Waals surface area contributed by atoms with Crippen molar-refractivity contribution in [1.82, 2.24) is 5.32 Å². The second-order valence-electron chi connectivity index (χ2n) is 4.23. The lowest BCUT2D eigenvalue weighted by molar-refractivity contribution is -0.117. The average molecular weight is 223 g/mol. The lowest BCUT2D eigenvalue weighted by atomic mass is 9.85. The molecule has 90 valence electrons. The van der Waals surface area contributed by atoms with E-state index in [4.69, 9.17) is 0 Å². The van der Waals surface area contributed by atoms with Gasteiger partial charge in [0.1, 0.15) is 0 Å². The number of rotatable bonds is 4. The first-order valence-electron chi connectivity index (χ1n) is 5.98. The van der Waals surface area contributed by atoms with Gasteiger partial charge in [-0.15, -0.1) is 0 Å². The van der Waals surface area contributed by atoms with Gasteiger partial charge in [0, 0.05) is 24.6 Å². The monoisotopic (exact) mass is 223 g/mol. The quantitative estimate of drug-likeness (QED) is 0.564. The van der Waals surface area contributed by atoms with Gasteiger partial charge in [0.15, 0.2) is 0 Å². The summed E-state index contributed by atoms with van der Waals surface area (Å²) in [5.74, 6) is 0.163. The van der Waals surface area contributed by atoms with Crippen LogP contribution >= 0.6 is 0 Å². The Morgan fingerprint density at radius 1 is 1.38 bits per heavy atom. The molecular weight excluding hydrogens is 202 g/mol. The lowest BCUT2D eigenvalue weighted by Crippen LogP contribution is -2.42. The van der Waals surface area contributed by atoms with Crippen LogP contribution in [-0.2, 0) is 4.79 Å². The Morgan fingerprint density at radius 3 is 2.81 bits per heavy atom. The zero-order valence-electron chi connectivity index (χ0n) is 9.86. The Labute approximate surface area is 97.2 Å². The van der Waals surface area contributed by atoms with E-state index in [0.29, 0.717) is 0 Å². The van der Waals surface area contributed by atoms with E-state index in [2.05, 4.69) is 5.32 Å². The van der Waals surface area contributed by atoms with Crippen LogP contribution in [0.5, 0.6) is 0 Å². The highest BCUT2D eigenvalue weighted by Gasteiger charge is 2.24. The predicted octanol–water partition coefficient (Wildman–Crippen LogP) is 1.79. The number of aliphatic hydroxyl groups is 1. The smallest absolute Gasteiger partial charge is 0.244 e. The van der Waals surface area contributed by atoms with Gasteiger partial charge in [-0.25, -0.2) is 0 Å². The molecule has 1 fully saturated rings. The Hall–Kier alpha value is -1.09. The van der Waals surface area contributed by atoms with Crippen molar-refractivity contribution in [3.63, 3.8) is 0 Å². The van der Waals surface area contributed by atoms with Crippen molar-refractivity contribution in [1.29, 1.82) is 0 Å². The summed E-state index contributed by atoms with van der Waals surface area (Å²) < 4.78 is 0. The number of aliphatic hydroxyl groups excluding tert-OH is 1. The fourth-order valence-corrected chi connectivity index (χ4v) is 2.10. The van der Waals surface area contributed by atoms with E-state index < -0.39 is 0 Å². The third kappa shape index (κ3) is 4.19. The molecule has 1 aliphatic rings. The van der Waals surface area contributed by atoms with Gasteiger partial charge in [-0.3, -0.25) is 4.79 Å². The van der Waals surface area contributed by atoms with Crippen LogP contribution < -0.4 is 5.32 Å². The largest absolute Gasteiger partial charge is 0.396 e. The molecule has 0 aromatic carbocycles. The molecule has 1 amide bonds. The van der Waals surface area contributed by atoms with E-state index in [0.717, 1.165) is 25.7 Å². The molecule has 2 N–H and O–H groups in total. The molecule has 3 nitrogen and oxygen atoms in total. The summed E-state index contributed by atoms with van der Waals surface area (Å²) in [6.45, 7) is 2.08. The molecule has 1 rings (SSSR count). The van der Waals surface area contributed by atoms with Crippen molar-refractivity contribution in [2.24, 2.45) is 5.92 Å². The normalized spacial score (nSPS) is 26.4. The highest BCUT2D eigenvalue weighted by atomic mass is 16.3. The third-order valence-electron chi connectivity index (χ3n) is 3.02. The second kappa shape index (κ2) is 7.23. The summed E-state index contributed by atoms with van der Waals surface area (Å²) in [6.07, 6.45) is 11.3. The second-order valence-corrected chi connectivity index (χ2v) is 4.23. The van der Waals surface area contributed by atoms with Gasteiger partial charge in [-0.1, -0.05) is 31.1 Å². The van der Waals surface area contributed by atoms with Crippen LogP contribution in [0.1, 0.15) is 32.6 Å². The number of hydrogen-bond acceptors (Lipinski definition) is 2. The number of amides is 1. The van der Waals surface area contributed by atoms with Crippen LogP contribution in [0.3, 0.4) is 0 Å². The van der Waals surface area contributed by atoms with Crippen LogP contribution in [0.2, 0.25) is 0 Å². The topological polar surface area (TPSA) is 49.3 Å². The van der Waals surface area contributed by atoms with Crippen molar-refractivity contribution in [2.75, 3.05) is 6.61 Å². The number of nitrogens with one attached hydrogen (secondary N) is 1. The minimum Gasteiger partial charge on any atom is -0.396 e. The van der Waals surface area contributed by atoms with E-state index in [9.17, 15) is 9.90 Å². The minimum atomic E-state index is -0.0663. The molecular formula is C13H21NO2. The first kappa shape index (κ1) is 13.0. The van der Waals surface area contributed by atoms with Crippen LogP contribution in [0.4, 0.5) is 0 Å². The Morgan fingerprint density at radius 2 is 2.12 bits per heavy atom. The third-order valence-corrected chi connectivity index (χ3v) is 3.02. The molecule has 0 aromatic heterocycles. The summed E-state index contributed by atoms with van der Waals surface area (Å²) in [4.78, 5) is 11.5. The Bertz CT molecular complexity index is 271. The van der Waals surface area contributed by atoms with E-state index in [1.807, 2.05) is 19.1 Å². The maximum absolute atomic E-state index is 11.5. The zero-order chi connectivity index (χ0) is 11.8. The first-order chi connectivity index (χ1) is 7.77. The molecule has 0 aliphatic heterocycles. The molecule has 16 heavy (non-hydrogen) atoms. The maximum Gasteiger partial charge on any atom is 0.244 e. The maximum atomic E-state index is 11.5. The predicted molar refractivity (Wildman–Crippen MR) is 64.9 cm³/mol. The highest BCUT2D eigenvalue weighted by molar-refractivity contribution is 5.88. The molecule has 0 heterocycles. The first-order valence-corrected chi connectivity index (χ1v) is 5.98.